The Hall–Kier alpha value is -2.79. The molecule has 182 valence electrons. The molecule has 0 aromatic heterocycles. The third kappa shape index (κ3) is 8.58. The van der Waals surface area contributed by atoms with Crippen molar-refractivity contribution < 1.29 is 29.4 Å². The van der Waals surface area contributed by atoms with Gasteiger partial charge in [0.2, 0.25) is 17.7 Å². The molecule has 0 radical (unpaired) electrons. The van der Waals surface area contributed by atoms with Crippen LogP contribution in [0.25, 0.3) is 0 Å². The van der Waals surface area contributed by atoms with Gasteiger partial charge in [0, 0.05) is 6.42 Å². The SMILES string of the molecule is CSCCC(NC(=O)C(C)NC(=O)C(Cc1ccc(O)cc1)NC(=O)C1CCCN1)C(=O)O. The number of carboxylic acid groups (broad SMARTS) is 1. The van der Waals surface area contributed by atoms with Gasteiger partial charge in [0.15, 0.2) is 0 Å². The van der Waals surface area contributed by atoms with Crippen LogP contribution < -0.4 is 21.3 Å². The molecule has 1 fully saturated rings. The fourth-order valence-electron chi connectivity index (χ4n) is 3.43. The van der Waals surface area contributed by atoms with Crippen molar-refractivity contribution in [3.63, 3.8) is 0 Å². The molecule has 1 aliphatic rings. The Morgan fingerprint density at radius 3 is 2.36 bits per heavy atom. The molecule has 11 heteroatoms. The molecule has 1 heterocycles. The van der Waals surface area contributed by atoms with Gasteiger partial charge >= 0.3 is 5.97 Å². The Labute approximate surface area is 197 Å². The minimum Gasteiger partial charge on any atom is -0.508 e. The number of carboxylic acids is 1. The fourth-order valence-corrected chi connectivity index (χ4v) is 3.90. The second-order valence-electron chi connectivity index (χ2n) is 7.99. The van der Waals surface area contributed by atoms with Gasteiger partial charge in [-0.3, -0.25) is 14.4 Å². The molecule has 3 amide bonds. The molecule has 0 aliphatic carbocycles. The van der Waals surface area contributed by atoms with Crippen LogP contribution in [0.1, 0.15) is 31.7 Å². The fraction of sp³-hybridized carbons (Fsp3) is 0.545. The number of hydrogen-bond donors (Lipinski definition) is 6. The van der Waals surface area contributed by atoms with E-state index in [0.717, 1.165) is 13.0 Å². The molecule has 0 spiro atoms. The smallest absolute Gasteiger partial charge is 0.326 e. The third-order valence-electron chi connectivity index (χ3n) is 5.36. The van der Waals surface area contributed by atoms with Crippen molar-refractivity contribution in [3.05, 3.63) is 29.8 Å². The molecule has 0 bridgehead atoms. The zero-order chi connectivity index (χ0) is 24.4. The normalized spacial score (nSPS) is 18.1. The topological polar surface area (TPSA) is 157 Å². The zero-order valence-corrected chi connectivity index (χ0v) is 19.6. The Balaban J connectivity index is 2.05. The number of phenols is 1. The second kappa shape index (κ2) is 13.0. The van der Waals surface area contributed by atoms with Crippen LogP contribution in [0.15, 0.2) is 24.3 Å². The van der Waals surface area contributed by atoms with E-state index in [-0.39, 0.29) is 30.5 Å². The highest BCUT2D eigenvalue weighted by molar-refractivity contribution is 7.98. The van der Waals surface area contributed by atoms with E-state index in [1.165, 1.54) is 30.8 Å². The van der Waals surface area contributed by atoms with Crippen LogP contribution in [0.4, 0.5) is 0 Å². The molecule has 2 rings (SSSR count). The number of hydrogen-bond acceptors (Lipinski definition) is 7. The Morgan fingerprint density at radius 1 is 1.09 bits per heavy atom. The van der Waals surface area contributed by atoms with Gasteiger partial charge in [-0.1, -0.05) is 12.1 Å². The number of rotatable bonds is 12. The lowest BCUT2D eigenvalue weighted by Crippen LogP contribution is -2.56. The summed E-state index contributed by atoms with van der Waals surface area (Å²) in [5.74, 6) is -1.98. The van der Waals surface area contributed by atoms with Crippen molar-refractivity contribution in [2.45, 2.75) is 56.8 Å². The number of benzene rings is 1. The number of carbonyl (C=O) groups is 4. The molecule has 33 heavy (non-hydrogen) atoms. The summed E-state index contributed by atoms with van der Waals surface area (Å²) in [4.78, 5) is 49.5. The number of amides is 3. The first kappa shape index (κ1) is 26.5. The highest BCUT2D eigenvalue weighted by atomic mass is 32.2. The summed E-state index contributed by atoms with van der Waals surface area (Å²) in [6.45, 7) is 2.18. The highest BCUT2D eigenvalue weighted by Crippen LogP contribution is 2.12. The number of aromatic hydroxyl groups is 1. The van der Waals surface area contributed by atoms with Crippen LogP contribution in [0.2, 0.25) is 0 Å². The number of aliphatic carboxylic acids is 1. The quantitative estimate of drug-likeness (QED) is 0.244. The van der Waals surface area contributed by atoms with Gasteiger partial charge in [0.05, 0.1) is 6.04 Å². The molecule has 10 nitrogen and oxygen atoms in total. The van der Waals surface area contributed by atoms with E-state index in [1.54, 1.807) is 12.1 Å². The van der Waals surface area contributed by atoms with Crippen LogP contribution in [0, 0.1) is 0 Å². The van der Waals surface area contributed by atoms with E-state index in [4.69, 9.17) is 0 Å². The second-order valence-corrected chi connectivity index (χ2v) is 8.98. The van der Waals surface area contributed by atoms with Crippen LogP contribution in [0.5, 0.6) is 5.75 Å². The predicted octanol–water partition coefficient (Wildman–Crippen LogP) is -0.00130. The summed E-state index contributed by atoms with van der Waals surface area (Å²) in [6.07, 6.45) is 3.80. The molecule has 1 aromatic carbocycles. The minimum atomic E-state index is -1.14. The van der Waals surface area contributed by atoms with E-state index in [1.807, 2.05) is 6.26 Å². The van der Waals surface area contributed by atoms with Gasteiger partial charge in [-0.05, 0) is 62.4 Å². The van der Waals surface area contributed by atoms with E-state index in [9.17, 15) is 29.4 Å². The molecule has 1 aromatic rings. The van der Waals surface area contributed by atoms with Gasteiger partial charge in [-0.15, -0.1) is 0 Å². The maximum absolute atomic E-state index is 13.0. The van der Waals surface area contributed by atoms with Crippen LogP contribution in [0.3, 0.4) is 0 Å². The largest absolute Gasteiger partial charge is 0.508 e. The van der Waals surface area contributed by atoms with Gasteiger partial charge < -0.3 is 31.5 Å². The third-order valence-corrected chi connectivity index (χ3v) is 6.01. The monoisotopic (exact) mass is 480 g/mol. The zero-order valence-electron chi connectivity index (χ0n) is 18.8. The number of nitrogens with one attached hydrogen (secondary N) is 4. The molecule has 0 saturated carbocycles. The summed E-state index contributed by atoms with van der Waals surface area (Å²) in [5.41, 5.74) is 0.716. The molecule has 4 atom stereocenters. The van der Waals surface area contributed by atoms with Crippen LogP contribution >= 0.6 is 11.8 Å². The average Bonchev–Trinajstić information content (AvgIpc) is 3.32. The summed E-state index contributed by atoms with van der Waals surface area (Å²) < 4.78 is 0. The Bertz CT molecular complexity index is 829. The highest BCUT2D eigenvalue weighted by Gasteiger charge is 2.30. The van der Waals surface area contributed by atoms with E-state index in [2.05, 4.69) is 21.3 Å². The van der Waals surface area contributed by atoms with Crippen molar-refractivity contribution in [3.8, 4) is 5.75 Å². The first-order valence-corrected chi connectivity index (χ1v) is 12.2. The lowest BCUT2D eigenvalue weighted by Gasteiger charge is -2.23. The molecule has 4 unspecified atom stereocenters. The Kier molecular flexibility index (Phi) is 10.5. The summed E-state index contributed by atoms with van der Waals surface area (Å²) in [5, 5.41) is 29.6. The summed E-state index contributed by atoms with van der Waals surface area (Å²) >= 11 is 1.47. The van der Waals surface area contributed by atoms with Gasteiger partial charge in [-0.25, -0.2) is 4.79 Å². The number of phenolic OH excluding ortho intramolecular Hbond substituents is 1. The number of thioether (sulfide) groups is 1. The lowest BCUT2D eigenvalue weighted by molar-refractivity contribution is -0.142. The number of carbonyl (C=O) groups excluding carboxylic acids is 3. The van der Waals surface area contributed by atoms with Crippen LogP contribution in [-0.2, 0) is 25.6 Å². The Morgan fingerprint density at radius 2 is 1.79 bits per heavy atom. The van der Waals surface area contributed by atoms with Crippen LogP contribution in [-0.4, -0.2) is 76.6 Å². The molecule has 6 N–H and O–H groups in total. The maximum atomic E-state index is 13.0. The van der Waals surface area contributed by atoms with E-state index >= 15 is 0 Å². The predicted molar refractivity (Wildman–Crippen MR) is 125 cm³/mol. The van der Waals surface area contributed by atoms with Crippen molar-refractivity contribution in [1.82, 2.24) is 21.3 Å². The standard InChI is InChI=1S/C22H32N4O6S/c1-13(19(28)25-17(22(31)32)9-11-33-2)24-21(30)18(12-14-5-7-15(27)8-6-14)26-20(29)16-4-3-10-23-16/h5-8,13,16-18,23,27H,3-4,9-12H2,1-2H3,(H,24,30)(H,25,28)(H,26,29)(H,31,32). The molecular weight excluding hydrogens is 448 g/mol. The van der Waals surface area contributed by atoms with Gasteiger partial charge in [-0.2, -0.15) is 11.8 Å². The lowest BCUT2D eigenvalue weighted by atomic mass is 10.0. The summed E-state index contributed by atoms with van der Waals surface area (Å²) in [6, 6.07) is 2.88. The van der Waals surface area contributed by atoms with Crippen molar-refractivity contribution in [2.75, 3.05) is 18.6 Å². The summed E-state index contributed by atoms with van der Waals surface area (Å²) in [7, 11) is 0. The molecular formula is C22H32N4O6S. The van der Waals surface area contributed by atoms with Crippen molar-refractivity contribution >= 4 is 35.5 Å². The van der Waals surface area contributed by atoms with Crippen molar-refractivity contribution in [1.29, 1.82) is 0 Å². The van der Waals surface area contributed by atoms with Gasteiger partial charge in [0.1, 0.15) is 23.9 Å². The molecule has 1 saturated heterocycles. The average molecular weight is 481 g/mol. The first-order valence-electron chi connectivity index (χ1n) is 10.9. The first-order chi connectivity index (χ1) is 15.7. The minimum absolute atomic E-state index is 0.0821. The van der Waals surface area contributed by atoms with E-state index in [0.29, 0.717) is 17.7 Å². The van der Waals surface area contributed by atoms with Crippen molar-refractivity contribution in [2.24, 2.45) is 0 Å². The molecule has 1 aliphatic heterocycles. The van der Waals surface area contributed by atoms with Gasteiger partial charge in [0.25, 0.3) is 0 Å². The van der Waals surface area contributed by atoms with E-state index < -0.39 is 35.9 Å². The maximum Gasteiger partial charge on any atom is 0.326 e.